The van der Waals surface area contributed by atoms with E-state index in [9.17, 15) is 0 Å². The summed E-state index contributed by atoms with van der Waals surface area (Å²) in [6, 6.07) is 12.1. The molecule has 0 atom stereocenters. The smallest absolute Gasteiger partial charge is 0.122 e. The summed E-state index contributed by atoms with van der Waals surface area (Å²) >= 11 is 0. The minimum absolute atomic E-state index is 0.0961. The molecule has 106 valence electrons. The Kier molecular flexibility index (Phi) is 3.22. The van der Waals surface area contributed by atoms with Gasteiger partial charge >= 0.3 is 0 Å². The van der Waals surface area contributed by atoms with Crippen molar-refractivity contribution in [1.82, 2.24) is 9.55 Å². The van der Waals surface area contributed by atoms with Gasteiger partial charge in [-0.3, -0.25) is 5.41 Å². The van der Waals surface area contributed by atoms with Gasteiger partial charge in [0.25, 0.3) is 0 Å². The van der Waals surface area contributed by atoms with E-state index >= 15 is 0 Å². The van der Waals surface area contributed by atoms with Gasteiger partial charge in [-0.2, -0.15) is 0 Å². The van der Waals surface area contributed by atoms with Crippen LogP contribution in [0.4, 0.5) is 0 Å². The van der Waals surface area contributed by atoms with Gasteiger partial charge in [-0.1, -0.05) is 18.2 Å². The normalized spacial score (nSPS) is 11.0. The maximum absolute atomic E-state index is 7.52. The highest BCUT2D eigenvalue weighted by molar-refractivity contribution is 5.95. The van der Waals surface area contributed by atoms with Crippen molar-refractivity contribution in [2.45, 2.75) is 20.4 Å². The molecule has 0 unspecified atom stereocenters. The molecule has 21 heavy (non-hydrogen) atoms. The van der Waals surface area contributed by atoms with Gasteiger partial charge in [-0.05, 0) is 48.7 Å². The fourth-order valence-electron chi connectivity index (χ4n) is 2.47. The summed E-state index contributed by atoms with van der Waals surface area (Å²) < 4.78 is 2.13. The maximum atomic E-state index is 7.52. The Bertz CT molecular complexity index is 830. The van der Waals surface area contributed by atoms with E-state index < -0.39 is 0 Å². The maximum Gasteiger partial charge on any atom is 0.122 e. The van der Waals surface area contributed by atoms with E-state index in [1.165, 1.54) is 11.1 Å². The minimum Gasteiger partial charge on any atom is -0.384 e. The molecule has 0 fully saturated rings. The van der Waals surface area contributed by atoms with E-state index in [4.69, 9.17) is 11.1 Å². The van der Waals surface area contributed by atoms with Crippen molar-refractivity contribution < 1.29 is 0 Å². The van der Waals surface area contributed by atoms with E-state index in [0.29, 0.717) is 0 Å². The SMILES string of the molecule is Cc1cc2ncn(Cc3cccc(C(=N)N)c3)c2cc1C. The van der Waals surface area contributed by atoms with Crippen LogP contribution in [0.3, 0.4) is 0 Å². The highest BCUT2D eigenvalue weighted by atomic mass is 15.0. The third-order valence-corrected chi connectivity index (χ3v) is 3.83. The van der Waals surface area contributed by atoms with Crippen molar-refractivity contribution in [3.8, 4) is 0 Å². The van der Waals surface area contributed by atoms with Gasteiger partial charge in [0.1, 0.15) is 5.84 Å². The molecule has 3 N–H and O–H groups in total. The van der Waals surface area contributed by atoms with Crippen LogP contribution in [-0.4, -0.2) is 15.4 Å². The molecule has 3 rings (SSSR count). The van der Waals surface area contributed by atoms with Gasteiger partial charge in [0.15, 0.2) is 0 Å². The molecule has 0 spiro atoms. The van der Waals surface area contributed by atoms with Gasteiger partial charge in [-0.15, -0.1) is 0 Å². The van der Waals surface area contributed by atoms with Crippen molar-refractivity contribution in [2.75, 3.05) is 0 Å². The third kappa shape index (κ3) is 2.52. The number of hydrogen-bond acceptors (Lipinski definition) is 2. The molecule has 0 aliphatic heterocycles. The zero-order valence-corrected chi connectivity index (χ0v) is 12.2. The number of aromatic nitrogens is 2. The second-order valence-corrected chi connectivity index (χ2v) is 5.41. The Labute approximate surface area is 123 Å². The molecule has 0 bridgehead atoms. The number of nitrogen functional groups attached to an aromatic ring is 1. The Morgan fingerprint density at radius 1 is 1.19 bits per heavy atom. The van der Waals surface area contributed by atoms with E-state index in [1.807, 2.05) is 30.6 Å². The molecule has 0 aliphatic carbocycles. The summed E-state index contributed by atoms with van der Waals surface area (Å²) in [4.78, 5) is 4.47. The summed E-state index contributed by atoms with van der Waals surface area (Å²) in [5.74, 6) is 0.0961. The van der Waals surface area contributed by atoms with Crippen molar-refractivity contribution in [1.29, 1.82) is 5.41 Å². The van der Waals surface area contributed by atoms with Crippen LogP contribution in [0.25, 0.3) is 11.0 Å². The Morgan fingerprint density at radius 2 is 1.95 bits per heavy atom. The fourth-order valence-corrected chi connectivity index (χ4v) is 2.47. The summed E-state index contributed by atoms with van der Waals surface area (Å²) in [5, 5.41) is 7.52. The standard InChI is InChI=1S/C17H18N4/c1-11-6-15-16(7-12(11)2)21(10-20-15)9-13-4-3-5-14(8-13)17(18)19/h3-8,10H,9H2,1-2H3,(H3,18,19). The van der Waals surface area contributed by atoms with Crippen molar-refractivity contribution >= 4 is 16.9 Å². The van der Waals surface area contributed by atoms with Gasteiger partial charge < -0.3 is 10.3 Å². The molecule has 0 radical (unpaired) electrons. The average Bonchev–Trinajstić information content (AvgIpc) is 2.82. The Balaban J connectivity index is 2.00. The van der Waals surface area contributed by atoms with E-state index in [2.05, 4.69) is 35.5 Å². The van der Waals surface area contributed by atoms with E-state index in [-0.39, 0.29) is 5.84 Å². The van der Waals surface area contributed by atoms with E-state index in [0.717, 1.165) is 28.7 Å². The molecule has 3 aromatic rings. The lowest BCUT2D eigenvalue weighted by Gasteiger charge is -2.08. The van der Waals surface area contributed by atoms with Gasteiger partial charge in [0.05, 0.1) is 17.4 Å². The summed E-state index contributed by atoms with van der Waals surface area (Å²) in [6.07, 6.45) is 1.87. The molecular weight excluding hydrogens is 260 g/mol. The number of nitrogens with two attached hydrogens (primary N) is 1. The predicted molar refractivity (Wildman–Crippen MR) is 85.8 cm³/mol. The summed E-state index contributed by atoms with van der Waals surface area (Å²) in [5.41, 5.74) is 12.1. The number of amidine groups is 1. The van der Waals surface area contributed by atoms with Crippen LogP contribution in [0, 0.1) is 19.3 Å². The molecule has 1 heterocycles. The van der Waals surface area contributed by atoms with Crippen molar-refractivity contribution in [2.24, 2.45) is 5.73 Å². The first-order chi connectivity index (χ1) is 10.0. The predicted octanol–water partition coefficient (Wildman–Crippen LogP) is 2.99. The molecule has 1 aromatic heterocycles. The van der Waals surface area contributed by atoms with Crippen LogP contribution in [0.15, 0.2) is 42.7 Å². The average molecular weight is 278 g/mol. The van der Waals surface area contributed by atoms with Crippen LogP contribution in [0.2, 0.25) is 0 Å². The van der Waals surface area contributed by atoms with Crippen LogP contribution in [0.1, 0.15) is 22.3 Å². The largest absolute Gasteiger partial charge is 0.384 e. The molecule has 2 aromatic carbocycles. The lowest BCUT2D eigenvalue weighted by atomic mass is 10.1. The summed E-state index contributed by atoms with van der Waals surface area (Å²) in [6.45, 7) is 4.94. The molecule has 0 saturated heterocycles. The van der Waals surface area contributed by atoms with Crippen LogP contribution >= 0.6 is 0 Å². The van der Waals surface area contributed by atoms with Gasteiger partial charge in [0, 0.05) is 12.1 Å². The molecule has 0 aliphatic rings. The number of rotatable bonds is 3. The van der Waals surface area contributed by atoms with Crippen LogP contribution in [0.5, 0.6) is 0 Å². The van der Waals surface area contributed by atoms with Crippen LogP contribution in [-0.2, 0) is 6.54 Å². The lowest BCUT2D eigenvalue weighted by Crippen LogP contribution is -2.11. The van der Waals surface area contributed by atoms with Crippen LogP contribution < -0.4 is 5.73 Å². The molecular formula is C17H18N4. The number of nitrogens with one attached hydrogen (secondary N) is 1. The molecule has 4 heteroatoms. The topological polar surface area (TPSA) is 67.7 Å². The number of aryl methyl sites for hydroxylation is 2. The monoisotopic (exact) mass is 278 g/mol. The Hall–Kier alpha value is -2.62. The first kappa shape index (κ1) is 13.4. The lowest BCUT2D eigenvalue weighted by molar-refractivity contribution is 0.824. The number of nitrogens with zero attached hydrogens (tertiary/aromatic N) is 2. The first-order valence-corrected chi connectivity index (χ1v) is 6.90. The number of fused-ring (bicyclic) bond motifs is 1. The highest BCUT2D eigenvalue weighted by Gasteiger charge is 2.06. The number of hydrogen-bond donors (Lipinski definition) is 2. The van der Waals surface area contributed by atoms with E-state index in [1.54, 1.807) is 0 Å². The molecule has 4 nitrogen and oxygen atoms in total. The van der Waals surface area contributed by atoms with Gasteiger partial charge in [-0.25, -0.2) is 4.98 Å². The first-order valence-electron chi connectivity index (χ1n) is 6.90. The third-order valence-electron chi connectivity index (χ3n) is 3.83. The number of imidazole rings is 1. The summed E-state index contributed by atoms with van der Waals surface area (Å²) in [7, 11) is 0. The minimum atomic E-state index is 0.0961. The second kappa shape index (κ2) is 5.05. The second-order valence-electron chi connectivity index (χ2n) is 5.41. The zero-order chi connectivity index (χ0) is 15.0. The number of benzene rings is 2. The zero-order valence-electron chi connectivity index (χ0n) is 12.2. The highest BCUT2D eigenvalue weighted by Crippen LogP contribution is 2.19. The van der Waals surface area contributed by atoms with Crippen molar-refractivity contribution in [3.05, 3.63) is 65.0 Å². The van der Waals surface area contributed by atoms with Crippen molar-refractivity contribution in [3.63, 3.8) is 0 Å². The van der Waals surface area contributed by atoms with Gasteiger partial charge in [0.2, 0.25) is 0 Å². The molecule has 0 amide bonds. The fraction of sp³-hybridized carbons (Fsp3) is 0.176. The molecule has 0 saturated carbocycles. The quantitative estimate of drug-likeness (QED) is 0.571. The Morgan fingerprint density at radius 3 is 2.71 bits per heavy atom.